The standard InChI is InChI=1S/C15H18BrN3/c1-3-5-15-18-13(9-14(16)19-15)8-12-7-6-11(4-2)10-17-12/h6-7,9-10H,3-5,8H2,1-2H3. The topological polar surface area (TPSA) is 38.7 Å². The summed E-state index contributed by atoms with van der Waals surface area (Å²) in [5, 5.41) is 0. The summed E-state index contributed by atoms with van der Waals surface area (Å²) in [6, 6.07) is 6.18. The van der Waals surface area contributed by atoms with E-state index in [1.807, 2.05) is 12.3 Å². The molecule has 0 aliphatic heterocycles. The zero-order chi connectivity index (χ0) is 13.7. The Labute approximate surface area is 122 Å². The summed E-state index contributed by atoms with van der Waals surface area (Å²) in [6.45, 7) is 4.27. The molecule has 0 amide bonds. The monoisotopic (exact) mass is 319 g/mol. The van der Waals surface area contributed by atoms with Gasteiger partial charge in [0.05, 0.1) is 5.69 Å². The summed E-state index contributed by atoms with van der Waals surface area (Å²) < 4.78 is 0.853. The summed E-state index contributed by atoms with van der Waals surface area (Å²) in [7, 11) is 0. The lowest BCUT2D eigenvalue weighted by Gasteiger charge is -2.05. The fraction of sp³-hybridized carbons (Fsp3) is 0.400. The first-order valence-corrected chi connectivity index (χ1v) is 7.46. The molecule has 0 aromatic carbocycles. The Morgan fingerprint density at radius 1 is 1.11 bits per heavy atom. The summed E-state index contributed by atoms with van der Waals surface area (Å²) in [5.74, 6) is 0.900. The molecule has 19 heavy (non-hydrogen) atoms. The maximum Gasteiger partial charge on any atom is 0.129 e. The molecule has 0 N–H and O–H groups in total. The van der Waals surface area contributed by atoms with E-state index in [0.717, 1.165) is 47.5 Å². The average molecular weight is 320 g/mol. The van der Waals surface area contributed by atoms with Crippen molar-refractivity contribution >= 4 is 15.9 Å². The molecule has 2 aromatic rings. The smallest absolute Gasteiger partial charge is 0.129 e. The highest BCUT2D eigenvalue weighted by atomic mass is 79.9. The summed E-state index contributed by atoms with van der Waals surface area (Å²) in [4.78, 5) is 13.4. The Morgan fingerprint density at radius 3 is 2.58 bits per heavy atom. The third-order valence-electron chi connectivity index (χ3n) is 2.92. The second-order valence-electron chi connectivity index (χ2n) is 4.54. The Balaban J connectivity index is 2.17. The molecule has 0 saturated heterocycles. The highest BCUT2D eigenvalue weighted by Gasteiger charge is 2.05. The van der Waals surface area contributed by atoms with Crippen LogP contribution in [0.3, 0.4) is 0 Å². The second-order valence-corrected chi connectivity index (χ2v) is 5.35. The molecule has 0 bridgehead atoms. The van der Waals surface area contributed by atoms with Gasteiger partial charge in [0.1, 0.15) is 10.4 Å². The third kappa shape index (κ3) is 4.10. The van der Waals surface area contributed by atoms with Gasteiger partial charge in [0.25, 0.3) is 0 Å². The molecular formula is C15H18BrN3. The van der Waals surface area contributed by atoms with Crippen LogP contribution in [0.1, 0.15) is 43.0 Å². The van der Waals surface area contributed by atoms with Crippen LogP contribution in [0.5, 0.6) is 0 Å². The lowest BCUT2D eigenvalue weighted by Crippen LogP contribution is -2.02. The number of halogens is 1. The first-order valence-electron chi connectivity index (χ1n) is 6.67. The van der Waals surface area contributed by atoms with Gasteiger partial charge in [0.2, 0.25) is 0 Å². The predicted molar refractivity (Wildman–Crippen MR) is 80.1 cm³/mol. The summed E-state index contributed by atoms with van der Waals surface area (Å²) >= 11 is 3.45. The van der Waals surface area contributed by atoms with Crippen LogP contribution in [0, 0.1) is 0 Å². The van der Waals surface area contributed by atoms with Crippen molar-refractivity contribution in [1.29, 1.82) is 0 Å². The Bertz CT molecular complexity index is 538. The van der Waals surface area contributed by atoms with Crippen molar-refractivity contribution in [3.05, 3.63) is 51.8 Å². The number of pyridine rings is 1. The maximum atomic E-state index is 4.58. The largest absolute Gasteiger partial charge is 0.261 e. The lowest BCUT2D eigenvalue weighted by atomic mass is 10.1. The summed E-state index contributed by atoms with van der Waals surface area (Å²) in [6.07, 6.45) is 5.68. The van der Waals surface area contributed by atoms with Crippen LogP contribution in [0.15, 0.2) is 29.0 Å². The normalized spacial score (nSPS) is 10.7. The molecule has 2 aromatic heterocycles. The fourth-order valence-electron chi connectivity index (χ4n) is 1.90. The molecule has 0 fully saturated rings. The quantitative estimate of drug-likeness (QED) is 0.788. The van der Waals surface area contributed by atoms with Gasteiger partial charge >= 0.3 is 0 Å². The zero-order valence-corrected chi connectivity index (χ0v) is 12.9. The van der Waals surface area contributed by atoms with E-state index in [1.54, 1.807) is 0 Å². The van der Waals surface area contributed by atoms with Crippen LogP contribution in [0.2, 0.25) is 0 Å². The summed E-state index contributed by atoms with van der Waals surface area (Å²) in [5.41, 5.74) is 3.33. The molecule has 0 spiro atoms. The maximum absolute atomic E-state index is 4.58. The van der Waals surface area contributed by atoms with E-state index in [-0.39, 0.29) is 0 Å². The molecule has 0 atom stereocenters. The molecule has 0 aliphatic rings. The van der Waals surface area contributed by atoms with E-state index < -0.39 is 0 Å². The van der Waals surface area contributed by atoms with Gasteiger partial charge in [-0.25, -0.2) is 9.97 Å². The van der Waals surface area contributed by atoms with Gasteiger partial charge in [0, 0.05) is 24.7 Å². The first kappa shape index (κ1) is 14.1. The highest BCUT2D eigenvalue weighted by Crippen LogP contribution is 2.13. The lowest BCUT2D eigenvalue weighted by molar-refractivity contribution is 0.808. The SMILES string of the molecule is CCCc1nc(Br)cc(Cc2ccc(CC)cn2)n1. The molecule has 0 radical (unpaired) electrons. The molecule has 4 heteroatoms. The molecule has 0 saturated carbocycles. The van der Waals surface area contributed by atoms with Gasteiger partial charge in [-0.2, -0.15) is 0 Å². The molecule has 0 aliphatic carbocycles. The van der Waals surface area contributed by atoms with E-state index >= 15 is 0 Å². The number of aromatic nitrogens is 3. The number of rotatable bonds is 5. The van der Waals surface area contributed by atoms with Crippen LogP contribution in [0.25, 0.3) is 0 Å². The number of hydrogen-bond acceptors (Lipinski definition) is 3. The molecule has 2 heterocycles. The Kier molecular flexibility index (Phi) is 5.02. The fourth-order valence-corrected chi connectivity index (χ4v) is 2.37. The molecule has 2 rings (SSSR count). The van der Waals surface area contributed by atoms with Gasteiger partial charge in [-0.05, 0) is 46.5 Å². The Morgan fingerprint density at radius 2 is 1.95 bits per heavy atom. The molecule has 100 valence electrons. The minimum absolute atomic E-state index is 0.752. The average Bonchev–Trinajstić information content (AvgIpc) is 2.39. The second kappa shape index (κ2) is 6.75. The van der Waals surface area contributed by atoms with E-state index in [1.165, 1.54) is 5.56 Å². The zero-order valence-electron chi connectivity index (χ0n) is 11.4. The van der Waals surface area contributed by atoms with Crippen molar-refractivity contribution < 1.29 is 0 Å². The van der Waals surface area contributed by atoms with E-state index in [9.17, 15) is 0 Å². The van der Waals surface area contributed by atoms with Crippen molar-refractivity contribution in [3.8, 4) is 0 Å². The predicted octanol–water partition coefficient (Wildman–Crippen LogP) is 3.74. The van der Waals surface area contributed by atoms with Crippen LogP contribution in [0.4, 0.5) is 0 Å². The van der Waals surface area contributed by atoms with Gasteiger partial charge in [-0.1, -0.05) is 19.9 Å². The number of hydrogen-bond donors (Lipinski definition) is 0. The Hall–Kier alpha value is -1.29. The number of aryl methyl sites for hydroxylation is 2. The third-order valence-corrected chi connectivity index (χ3v) is 3.33. The minimum Gasteiger partial charge on any atom is -0.261 e. The van der Waals surface area contributed by atoms with Crippen molar-refractivity contribution in [2.24, 2.45) is 0 Å². The van der Waals surface area contributed by atoms with E-state index in [0.29, 0.717) is 0 Å². The molecule has 0 unspecified atom stereocenters. The van der Waals surface area contributed by atoms with Crippen molar-refractivity contribution in [2.75, 3.05) is 0 Å². The van der Waals surface area contributed by atoms with Gasteiger partial charge in [-0.3, -0.25) is 4.98 Å². The number of nitrogens with zero attached hydrogens (tertiary/aromatic N) is 3. The molecule has 3 nitrogen and oxygen atoms in total. The van der Waals surface area contributed by atoms with Crippen molar-refractivity contribution in [3.63, 3.8) is 0 Å². The molecular weight excluding hydrogens is 302 g/mol. The van der Waals surface area contributed by atoms with Crippen LogP contribution >= 0.6 is 15.9 Å². The van der Waals surface area contributed by atoms with Crippen LogP contribution < -0.4 is 0 Å². The van der Waals surface area contributed by atoms with Gasteiger partial charge < -0.3 is 0 Å². The van der Waals surface area contributed by atoms with Gasteiger partial charge in [0.15, 0.2) is 0 Å². The highest BCUT2D eigenvalue weighted by molar-refractivity contribution is 9.10. The van der Waals surface area contributed by atoms with Crippen LogP contribution in [-0.4, -0.2) is 15.0 Å². The van der Waals surface area contributed by atoms with Crippen LogP contribution in [-0.2, 0) is 19.3 Å². The van der Waals surface area contributed by atoms with Crippen molar-refractivity contribution in [2.45, 2.75) is 39.5 Å². The van der Waals surface area contributed by atoms with E-state index in [2.05, 4.69) is 56.9 Å². The first-order chi connectivity index (χ1) is 9.21. The van der Waals surface area contributed by atoms with Crippen molar-refractivity contribution in [1.82, 2.24) is 15.0 Å². The van der Waals surface area contributed by atoms with E-state index in [4.69, 9.17) is 0 Å². The van der Waals surface area contributed by atoms with Gasteiger partial charge in [-0.15, -0.1) is 0 Å². The minimum atomic E-state index is 0.752.